The third kappa shape index (κ3) is 1.80. The highest BCUT2D eigenvalue weighted by atomic mass is 15.3. The highest BCUT2D eigenvalue weighted by Crippen LogP contribution is 2.31. The maximum absolute atomic E-state index is 4.57. The van der Waals surface area contributed by atoms with Crippen molar-refractivity contribution in [1.29, 1.82) is 0 Å². The second kappa shape index (κ2) is 4.09. The van der Waals surface area contributed by atoms with Gasteiger partial charge in [-0.3, -0.25) is 4.68 Å². The fourth-order valence-electron chi connectivity index (χ4n) is 2.11. The molecule has 2 rings (SSSR count). The average molecular weight is 194 g/mol. The van der Waals surface area contributed by atoms with Crippen molar-refractivity contribution in [1.82, 2.24) is 20.1 Å². The number of aromatic nitrogens is 3. The second-order valence-electron chi connectivity index (χ2n) is 4.02. The highest BCUT2D eigenvalue weighted by Gasteiger charge is 2.21. The molecule has 0 atom stereocenters. The van der Waals surface area contributed by atoms with Crippen molar-refractivity contribution in [3.05, 3.63) is 11.6 Å². The van der Waals surface area contributed by atoms with Gasteiger partial charge in [-0.05, 0) is 19.9 Å². The van der Waals surface area contributed by atoms with Gasteiger partial charge >= 0.3 is 0 Å². The Kier molecular flexibility index (Phi) is 2.82. The lowest BCUT2D eigenvalue weighted by molar-refractivity contribution is 0.634. The van der Waals surface area contributed by atoms with Gasteiger partial charge in [-0.25, -0.2) is 4.98 Å². The maximum atomic E-state index is 4.57. The lowest BCUT2D eigenvalue weighted by Crippen LogP contribution is -2.10. The topological polar surface area (TPSA) is 42.7 Å². The molecule has 1 saturated carbocycles. The number of rotatable bonds is 3. The van der Waals surface area contributed by atoms with Crippen LogP contribution in [-0.4, -0.2) is 21.8 Å². The first-order chi connectivity index (χ1) is 6.81. The van der Waals surface area contributed by atoms with Gasteiger partial charge < -0.3 is 5.32 Å². The van der Waals surface area contributed by atoms with Crippen molar-refractivity contribution in [2.75, 3.05) is 7.05 Å². The van der Waals surface area contributed by atoms with Gasteiger partial charge in [-0.1, -0.05) is 12.8 Å². The molecular formula is C10H18N4. The van der Waals surface area contributed by atoms with Gasteiger partial charge in [-0.15, -0.1) is 0 Å². The molecule has 0 spiro atoms. The summed E-state index contributed by atoms with van der Waals surface area (Å²) >= 11 is 0. The third-order valence-corrected chi connectivity index (χ3v) is 2.92. The van der Waals surface area contributed by atoms with Crippen molar-refractivity contribution >= 4 is 0 Å². The van der Waals surface area contributed by atoms with Gasteiger partial charge in [-0.2, -0.15) is 5.10 Å². The zero-order valence-corrected chi connectivity index (χ0v) is 8.95. The minimum absolute atomic E-state index is 0.617. The molecule has 1 aliphatic carbocycles. The first-order valence-corrected chi connectivity index (χ1v) is 5.35. The SMILES string of the molecule is CNCc1nc(C2CCCC2)nn1C. The van der Waals surface area contributed by atoms with E-state index in [4.69, 9.17) is 0 Å². The Morgan fingerprint density at radius 3 is 2.79 bits per heavy atom. The second-order valence-corrected chi connectivity index (χ2v) is 4.02. The van der Waals surface area contributed by atoms with Crippen LogP contribution < -0.4 is 5.32 Å². The van der Waals surface area contributed by atoms with Gasteiger partial charge in [0.15, 0.2) is 5.82 Å². The summed E-state index contributed by atoms with van der Waals surface area (Å²) in [4.78, 5) is 4.57. The zero-order valence-electron chi connectivity index (χ0n) is 8.95. The predicted molar refractivity (Wildman–Crippen MR) is 55.0 cm³/mol. The van der Waals surface area contributed by atoms with E-state index in [2.05, 4.69) is 15.4 Å². The Hall–Kier alpha value is -0.900. The summed E-state index contributed by atoms with van der Waals surface area (Å²) in [6.45, 7) is 0.802. The summed E-state index contributed by atoms with van der Waals surface area (Å²) < 4.78 is 1.89. The molecule has 1 fully saturated rings. The Labute approximate surface area is 84.7 Å². The Morgan fingerprint density at radius 2 is 2.14 bits per heavy atom. The van der Waals surface area contributed by atoms with Crippen LogP contribution in [0.2, 0.25) is 0 Å². The summed E-state index contributed by atoms with van der Waals surface area (Å²) in [6.07, 6.45) is 5.21. The molecule has 1 aliphatic rings. The molecule has 1 heterocycles. The molecule has 4 heteroatoms. The molecule has 78 valence electrons. The Balaban J connectivity index is 2.14. The van der Waals surface area contributed by atoms with Crippen LogP contribution in [0.15, 0.2) is 0 Å². The number of nitrogens with one attached hydrogen (secondary N) is 1. The largest absolute Gasteiger partial charge is 0.313 e. The third-order valence-electron chi connectivity index (χ3n) is 2.92. The number of hydrogen-bond donors (Lipinski definition) is 1. The van der Waals surface area contributed by atoms with Crippen molar-refractivity contribution < 1.29 is 0 Å². The first-order valence-electron chi connectivity index (χ1n) is 5.35. The van der Waals surface area contributed by atoms with Crippen LogP contribution in [0.5, 0.6) is 0 Å². The lowest BCUT2D eigenvalue weighted by atomic mass is 10.1. The smallest absolute Gasteiger partial charge is 0.154 e. The van der Waals surface area contributed by atoms with E-state index in [0.29, 0.717) is 5.92 Å². The summed E-state index contributed by atoms with van der Waals surface area (Å²) in [5.41, 5.74) is 0. The van der Waals surface area contributed by atoms with Crippen molar-refractivity contribution in [3.8, 4) is 0 Å². The van der Waals surface area contributed by atoms with Crippen LogP contribution in [-0.2, 0) is 13.6 Å². The Bertz CT molecular complexity index is 299. The number of aryl methyl sites for hydroxylation is 1. The van der Waals surface area contributed by atoms with E-state index in [1.807, 2.05) is 18.8 Å². The Morgan fingerprint density at radius 1 is 1.43 bits per heavy atom. The van der Waals surface area contributed by atoms with E-state index < -0.39 is 0 Å². The molecule has 0 aromatic carbocycles. The number of hydrogen-bond acceptors (Lipinski definition) is 3. The minimum atomic E-state index is 0.617. The monoisotopic (exact) mass is 194 g/mol. The molecule has 0 amide bonds. The average Bonchev–Trinajstić information content (AvgIpc) is 2.76. The van der Waals surface area contributed by atoms with Crippen LogP contribution in [0, 0.1) is 0 Å². The number of nitrogens with zero attached hydrogens (tertiary/aromatic N) is 3. The minimum Gasteiger partial charge on any atom is -0.313 e. The lowest BCUT2D eigenvalue weighted by Gasteiger charge is -2.00. The van der Waals surface area contributed by atoms with Crippen molar-refractivity contribution in [3.63, 3.8) is 0 Å². The fraction of sp³-hybridized carbons (Fsp3) is 0.800. The van der Waals surface area contributed by atoms with Crippen LogP contribution in [0.3, 0.4) is 0 Å². The van der Waals surface area contributed by atoms with Gasteiger partial charge in [0.25, 0.3) is 0 Å². The molecule has 14 heavy (non-hydrogen) atoms. The standard InChI is InChI=1S/C10H18N4/c1-11-7-9-12-10(13-14(9)2)8-5-3-4-6-8/h8,11H,3-7H2,1-2H3. The molecule has 0 saturated heterocycles. The summed E-state index contributed by atoms with van der Waals surface area (Å²) in [5, 5.41) is 7.58. The quantitative estimate of drug-likeness (QED) is 0.786. The molecule has 1 N–H and O–H groups in total. The fourth-order valence-corrected chi connectivity index (χ4v) is 2.11. The van der Waals surface area contributed by atoms with Gasteiger partial charge in [0.1, 0.15) is 5.82 Å². The molecule has 0 bridgehead atoms. The van der Waals surface area contributed by atoms with Crippen LogP contribution >= 0.6 is 0 Å². The first kappa shape index (κ1) is 9.65. The molecular weight excluding hydrogens is 176 g/mol. The zero-order chi connectivity index (χ0) is 9.97. The molecule has 0 unspecified atom stereocenters. The van der Waals surface area contributed by atoms with Crippen molar-refractivity contribution in [2.24, 2.45) is 7.05 Å². The maximum Gasteiger partial charge on any atom is 0.154 e. The van der Waals surface area contributed by atoms with Crippen LogP contribution in [0.1, 0.15) is 43.3 Å². The van der Waals surface area contributed by atoms with E-state index in [9.17, 15) is 0 Å². The predicted octanol–water partition coefficient (Wildman–Crippen LogP) is 1.19. The van der Waals surface area contributed by atoms with Crippen LogP contribution in [0.25, 0.3) is 0 Å². The molecule has 0 radical (unpaired) electrons. The summed E-state index contributed by atoms with van der Waals surface area (Å²) in [5.74, 6) is 2.71. The molecule has 0 aliphatic heterocycles. The molecule has 1 aromatic heterocycles. The van der Waals surface area contributed by atoms with Gasteiger partial charge in [0.2, 0.25) is 0 Å². The van der Waals surface area contributed by atoms with E-state index >= 15 is 0 Å². The van der Waals surface area contributed by atoms with Crippen LogP contribution in [0.4, 0.5) is 0 Å². The van der Waals surface area contributed by atoms with E-state index in [0.717, 1.165) is 18.2 Å². The van der Waals surface area contributed by atoms with E-state index in [1.54, 1.807) is 0 Å². The summed E-state index contributed by atoms with van der Waals surface area (Å²) in [7, 11) is 3.90. The van der Waals surface area contributed by atoms with Gasteiger partial charge in [0, 0.05) is 13.0 Å². The highest BCUT2D eigenvalue weighted by molar-refractivity contribution is 5.01. The normalized spacial score (nSPS) is 17.9. The van der Waals surface area contributed by atoms with Gasteiger partial charge in [0.05, 0.1) is 6.54 Å². The molecule has 4 nitrogen and oxygen atoms in total. The van der Waals surface area contributed by atoms with Crippen molar-refractivity contribution in [2.45, 2.75) is 38.1 Å². The van der Waals surface area contributed by atoms with E-state index in [1.165, 1.54) is 25.7 Å². The summed E-state index contributed by atoms with van der Waals surface area (Å²) in [6, 6.07) is 0. The van der Waals surface area contributed by atoms with E-state index in [-0.39, 0.29) is 0 Å². The molecule has 1 aromatic rings.